The van der Waals surface area contributed by atoms with Gasteiger partial charge in [0.15, 0.2) is 5.96 Å². The predicted molar refractivity (Wildman–Crippen MR) is 96.5 cm³/mol. The molecular formula is C14H21IN6O. The van der Waals surface area contributed by atoms with Crippen molar-refractivity contribution in [2.24, 2.45) is 12.0 Å². The van der Waals surface area contributed by atoms with E-state index in [-0.39, 0.29) is 24.0 Å². The van der Waals surface area contributed by atoms with Crippen LogP contribution in [0.4, 0.5) is 0 Å². The first-order valence-corrected chi connectivity index (χ1v) is 6.63. The zero-order chi connectivity index (χ0) is 15.1. The average Bonchev–Trinajstić information content (AvgIpc) is 2.93. The number of ether oxygens (including phenoxy) is 1. The second-order valence-electron chi connectivity index (χ2n) is 4.43. The van der Waals surface area contributed by atoms with Crippen LogP contribution in [0, 0.1) is 0 Å². The van der Waals surface area contributed by atoms with Gasteiger partial charge in [-0.15, -0.1) is 24.0 Å². The van der Waals surface area contributed by atoms with Crippen LogP contribution >= 0.6 is 24.0 Å². The van der Waals surface area contributed by atoms with E-state index in [0.29, 0.717) is 19.0 Å². The Morgan fingerprint density at radius 1 is 1.32 bits per heavy atom. The van der Waals surface area contributed by atoms with Gasteiger partial charge in [-0.1, -0.05) is 12.1 Å². The fourth-order valence-corrected chi connectivity index (χ4v) is 1.83. The molecule has 22 heavy (non-hydrogen) atoms. The molecule has 8 heteroatoms. The van der Waals surface area contributed by atoms with Gasteiger partial charge >= 0.3 is 0 Å². The van der Waals surface area contributed by atoms with Crippen LogP contribution in [0.15, 0.2) is 35.6 Å². The summed E-state index contributed by atoms with van der Waals surface area (Å²) in [5.41, 5.74) is 1.12. The van der Waals surface area contributed by atoms with E-state index in [0.717, 1.165) is 17.1 Å². The van der Waals surface area contributed by atoms with Crippen molar-refractivity contribution < 1.29 is 4.74 Å². The van der Waals surface area contributed by atoms with Gasteiger partial charge < -0.3 is 15.4 Å². The Morgan fingerprint density at radius 2 is 2.09 bits per heavy atom. The van der Waals surface area contributed by atoms with Gasteiger partial charge in [-0.3, -0.25) is 9.67 Å². The summed E-state index contributed by atoms with van der Waals surface area (Å²) in [5.74, 6) is 2.40. The van der Waals surface area contributed by atoms with Gasteiger partial charge in [0, 0.05) is 20.6 Å². The number of aliphatic imine (C=N–C) groups is 1. The Hall–Kier alpha value is -1.84. The summed E-state index contributed by atoms with van der Waals surface area (Å²) in [7, 11) is 5.25. The molecule has 0 atom stereocenters. The van der Waals surface area contributed by atoms with Crippen molar-refractivity contribution in [2.75, 3.05) is 14.2 Å². The zero-order valence-electron chi connectivity index (χ0n) is 12.9. The molecule has 1 aromatic heterocycles. The van der Waals surface area contributed by atoms with E-state index in [1.807, 2.05) is 31.3 Å². The topological polar surface area (TPSA) is 76.4 Å². The van der Waals surface area contributed by atoms with E-state index < -0.39 is 0 Å². The van der Waals surface area contributed by atoms with E-state index in [4.69, 9.17) is 4.74 Å². The Balaban J connectivity index is 0.00000242. The SMILES string of the molecule is CN=C(NCc1cccc(OC)c1)NCc1ncnn1C.I. The molecule has 0 unspecified atom stereocenters. The van der Waals surface area contributed by atoms with Crippen molar-refractivity contribution in [3.63, 3.8) is 0 Å². The number of nitrogens with zero attached hydrogens (tertiary/aromatic N) is 4. The van der Waals surface area contributed by atoms with E-state index in [1.54, 1.807) is 18.8 Å². The number of rotatable bonds is 5. The van der Waals surface area contributed by atoms with Crippen LogP contribution in [-0.2, 0) is 20.1 Å². The van der Waals surface area contributed by atoms with E-state index in [9.17, 15) is 0 Å². The number of halogens is 1. The number of methoxy groups -OCH3 is 1. The van der Waals surface area contributed by atoms with Crippen LogP contribution in [0.1, 0.15) is 11.4 Å². The second kappa shape index (κ2) is 9.23. The summed E-state index contributed by atoms with van der Waals surface area (Å²) in [4.78, 5) is 8.33. The molecule has 2 aromatic rings. The lowest BCUT2D eigenvalue weighted by atomic mass is 10.2. The molecule has 0 aliphatic heterocycles. The first-order valence-electron chi connectivity index (χ1n) is 6.63. The molecule has 0 radical (unpaired) electrons. The standard InChI is InChI=1S/C14H20N6O.HI/c1-15-14(17-9-13-18-10-19-20(13)2)16-8-11-5-4-6-12(7-11)21-3;/h4-7,10H,8-9H2,1-3H3,(H2,15,16,17);1H. The number of aromatic nitrogens is 3. The summed E-state index contributed by atoms with van der Waals surface area (Å²) < 4.78 is 6.93. The molecule has 0 spiro atoms. The Bertz CT molecular complexity index is 613. The Morgan fingerprint density at radius 3 is 2.73 bits per heavy atom. The molecular weight excluding hydrogens is 395 g/mol. The summed E-state index contributed by atoms with van der Waals surface area (Å²) >= 11 is 0. The summed E-state index contributed by atoms with van der Waals surface area (Å²) in [6.45, 7) is 1.23. The van der Waals surface area contributed by atoms with Crippen LogP contribution in [-0.4, -0.2) is 34.9 Å². The molecule has 0 saturated carbocycles. The van der Waals surface area contributed by atoms with Gasteiger partial charge in [-0.05, 0) is 17.7 Å². The molecule has 2 rings (SSSR count). The molecule has 120 valence electrons. The Labute approximate surface area is 147 Å². The zero-order valence-corrected chi connectivity index (χ0v) is 15.2. The van der Waals surface area contributed by atoms with Crippen molar-refractivity contribution in [3.05, 3.63) is 42.0 Å². The first kappa shape index (κ1) is 18.2. The van der Waals surface area contributed by atoms with Gasteiger partial charge in [0.1, 0.15) is 17.9 Å². The number of hydrogen-bond acceptors (Lipinski definition) is 4. The van der Waals surface area contributed by atoms with Crippen LogP contribution in [0.2, 0.25) is 0 Å². The van der Waals surface area contributed by atoms with Gasteiger partial charge in [-0.25, -0.2) is 4.98 Å². The highest BCUT2D eigenvalue weighted by atomic mass is 127. The number of hydrogen-bond donors (Lipinski definition) is 2. The van der Waals surface area contributed by atoms with Crippen molar-refractivity contribution in [2.45, 2.75) is 13.1 Å². The number of aryl methyl sites for hydroxylation is 1. The minimum atomic E-state index is 0. The maximum absolute atomic E-state index is 5.21. The third-order valence-electron chi connectivity index (χ3n) is 3.04. The molecule has 1 aromatic carbocycles. The molecule has 0 fully saturated rings. The van der Waals surface area contributed by atoms with Crippen LogP contribution in [0.5, 0.6) is 5.75 Å². The molecule has 7 nitrogen and oxygen atoms in total. The largest absolute Gasteiger partial charge is 0.497 e. The van der Waals surface area contributed by atoms with Gasteiger partial charge in [0.05, 0.1) is 13.7 Å². The monoisotopic (exact) mass is 416 g/mol. The number of guanidine groups is 1. The van der Waals surface area contributed by atoms with Crippen molar-refractivity contribution in [1.82, 2.24) is 25.4 Å². The molecule has 1 heterocycles. The molecule has 0 aliphatic carbocycles. The number of benzene rings is 1. The van der Waals surface area contributed by atoms with Crippen molar-refractivity contribution >= 4 is 29.9 Å². The van der Waals surface area contributed by atoms with Crippen LogP contribution in [0.3, 0.4) is 0 Å². The third-order valence-corrected chi connectivity index (χ3v) is 3.04. The highest BCUT2D eigenvalue weighted by Crippen LogP contribution is 2.11. The molecule has 0 aliphatic rings. The fourth-order valence-electron chi connectivity index (χ4n) is 1.83. The number of nitrogens with one attached hydrogen (secondary N) is 2. The highest BCUT2D eigenvalue weighted by molar-refractivity contribution is 14.0. The molecule has 0 bridgehead atoms. The average molecular weight is 416 g/mol. The summed E-state index contributed by atoms with van der Waals surface area (Å²) in [6.07, 6.45) is 1.53. The molecule has 0 saturated heterocycles. The van der Waals surface area contributed by atoms with Gasteiger partial charge in [0.2, 0.25) is 0 Å². The minimum Gasteiger partial charge on any atom is -0.497 e. The lowest BCUT2D eigenvalue weighted by Gasteiger charge is -2.12. The normalized spacial score (nSPS) is 10.8. The highest BCUT2D eigenvalue weighted by Gasteiger charge is 2.03. The third kappa shape index (κ3) is 5.17. The van der Waals surface area contributed by atoms with E-state index in [2.05, 4.69) is 25.7 Å². The maximum Gasteiger partial charge on any atom is 0.191 e. The summed E-state index contributed by atoms with van der Waals surface area (Å²) in [5, 5.41) is 10.5. The maximum atomic E-state index is 5.21. The van der Waals surface area contributed by atoms with Crippen LogP contribution in [0.25, 0.3) is 0 Å². The lowest BCUT2D eigenvalue weighted by molar-refractivity contribution is 0.414. The Kier molecular flexibility index (Phi) is 7.64. The summed E-state index contributed by atoms with van der Waals surface area (Å²) in [6, 6.07) is 7.91. The second-order valence-corrected chi connectivity index (χ2v) is 4.43. The quantitative estimate of drug-likeness (QED) is 0.437. The predicted octanol–water partition coefficient (Wildman–Crippen LogP) is 1.31. The smallest absolute Gasteiger partial charge is 0.191 e. The van der Waals surface area contributed by atoms with E-state index >= 15 is 0 Å². The van der Waals surface area contributed by atoms with Crippen molar-refractivity contribution in [3.8, 4) is 5.75 Å². The van der Waals surface area contributed by atoms with Crippen molar-refractivity contribution in [1.29, 1.82) is 0 Å². The molecule has 0 amide bonds. The van der Waals surface area contributed by atoms with Gasteiger partial charge in [-0.2, -0.15) is 5.10 Å². The lowest BCUT2D eigenvalue weighted by Crippen LogP contribution is -2.36. The van der Waals surface area contributed by atoms with Crippen LogP contribution < -0.4 is 15.4 Å². The minimum absolute atomic E-state index is 0. The fraction of sp³-hybridized carbons (Fsp3) is 0.357. The molecule has 2 N–H and O–H groups in total. The van der Waals surface area contributed by atoms with Gasteiger partial charge in [0.25, 0.3) is 0 Å². The first-order chi connectivity index (χ1) is 10.2. The van der Waals surface area contributed by atoms with E-state index in [1.165, 1.54) is 6.33 Å².